The molecule has 0 unspecified atom stereocenters. The van der Waals surface area contributed by atoms with E-state index in [1.165, 1.54) is 0 Å². The van der Waals surface area contributed by atoms with Gasteiger partial charge >= 0.3 is 0 Å². The van der Waals surface area contributed by atoms with E-state index in [9.17, 15) is 10.2 Å². The second-order valence-corrected chi connectivity index (χ2v) is 9.14. The standard InChI is InChI=1S/C26H32O6/c27-20-21(28)23(30-17-19-12-6-2-7-13-19)25-24(31-26(32-25)14-8-3-9-15-26)22(20)29-16-18-10-4-1-5-11-18/h1-2,4-7,10-13,20-25,27-28H,3,8-9,14-17H2/t20-,21+,22-,23+,24-,25-/m1/s1. The zero-order valence-corrected chi connectivity index (χ0v) is 18.2. The van der Waals surface area contributed by atoms with Crippen molar-refractivity contribution in [2.45, 2.75) is 87.7 Å². The lowest BCUT2D eigenvalue weighted by Crippen LogP contribution is -2.63. The van der Waals surface area contributed by atoms with Crippen LogP contribution in [0.25, 0.3) is 0 Å². The van der Waals surface area contributed by atoms with Crippen LogP contribution < -0.4 is 0 Å². The van der Waals surface area contributed by atoms with E-state index in [1.54, 1.807) is 0 Å². The predicted octanol–water partition coefficient (Wildman–Crippen LogP) is 3.34. The minimum absolute atomic E-state index is 0.324. The van der Waals surface area contributed by atoms with E-state index >= 15 is 0 Å². The van der Waals surface area contributed by atoms with E-state index in [4.69, 9.17) is 18.9 Å². The van der Waals surface area contributed by atoms with Gasteiger partial charge in [0.15, 0.2) is 5.79 Å². The number of hydrogen-bond acceptors (Lipinski definition) is 6. The molecule has 3 aliphatic rings. The van der Waals surface area contributed by atoms with Crippen molar-refractivity contribution >= 4 is 0 Å². The van der Waals surface area contributed by atoms with Gasteiger partial charge in [0.1, 0.15) is 36.6 Å². The summed E-state index contributed by atoms with van der Waals surface area (Å²) in [6.45, 7) is 0.648. The van der Waals surface area contributed by atoms with Crippen molar-refractivity contribution in [3.05, 3.63) is 71.8 Å². The number of benzene rings is 2. The Balaban J connectivity index is 1.36. The number of ether oxygens (including phenoxy) is 4. The molecule has 2 N–H and O–H groups in total. The van der Waals surface area contributed by atoms with Crippen molar-refractivity contribution in [1.29, 1.82) is 0 Å². The first-order chi connectivity index (χ1) is 15.7. The summed E-state index contributed by atoms with van der Waals surface area (Å²) in [5, 5.41) is 22.1. The molecule has 172 valence electrons. The lowest BCUT2D eigenvalue weighted by atomic mass is 9.84. The monoisotopic (exact) mass is 440 g/mol. The van der Waals surface area contributed by atoms with Crippen molar-refractivity contribution in [2.24, 2.45) is 0 Å². The van der Waals surface area contributed by atoms with E-state index in [1.807, 2.05) is 60.7 Å². The topological polar surface area (TPSA) is 77.4 Å². The fourth-order valence-corrected chi connectivity index (χ4v) is 5.19. The van der Waals surface area contributed by atoms with Crippen LogP contribution >= 0.6 is 0 Å². The second kappa shape index (κ2) is 9.59. The molecule has 5 rings (SSSR count). The molecule has 0 radical (unpaired) electrons. The quantitative estimate of drug-likeness (QED) is 0.718. The molecule has 0 bridgehead atoms. The summed E-state index contributed by atoms with van der Waals surface area (Å²) in [6.07, 6.45) is 0.174. The molecule has 1 aliphatic heterocycles. The van der Waals surface area contributed by atoms with E-state index in [2.05, 4.69) is 0 Å². The molecule has 2 saturated carbocycles. The number of fused-ring (bicyclic) bond motifs is 1. The summed E-state index contributed by atoms with van der Waals surface area (Å²) >= 11 is 0. The molecule has 1 spiro atoms. The molecule has 6 nitrogen and oxygen atoms in total. The van der Waals surface area contributed by atoms with Gasteiger partial charge in [-0.1, -0.05) is 67.1 Å². The fraction of sp³-hybridized carbons (Fsp3) is 0.538. The number of aliphatic hydroxyl groups is 2. The lowest BCUT2D eigenvalue weighted by Gasteiger charge is -2.43. The zero-order chi connectivity index (χ0) is 22.0. The van der Waals surface area contributed by atoms with Crippen LogP contribution in [0, 0.1) is 0 Å². The summed E-state index contributed by atoms with van der Waals surface area (Å²) in [5.41, 5.74) is 2.00. The summed E-state index contributed by atoms with van der Waals surface area (Å²) in [5.74, 6) is -0.680. The minimum Gasteiger partial charge on any atom is -0.387 e. The van der Waals surface area contributed by atoms with Crippen molar-refractivity contribution in [3.8, 4) is 0 Å². The molecule has 2 aromatic rings. The third kappa shape index (κ3) is 4.49. The molecular weight excluding hydrogens is 408 g/mol. The smallest absolute Gasteiger partial charge is 0.169 e. The summed E-state index contributed by atoms with van der Waals surface area (Å²) < 4.78 is 25.3. The first-order valence-electron chi connectivity index (χ1n) is 11.7. The normalized spacial score (nSPS) is 33.8. The predicted molar refractivity (Wildman–Crippen MR) is 118 cm³/mol. The van der Waals surface area contributed by atoms with Gasteiger partial charge in [0.2, 0.25) is 0 Å². The highest BCUT2D eigenvalue weighted by Crippen LogP contribution is 2.46. The van der Waals surface area contributed by atoms with Crippen molar-refractivity contribution in [1.82, 2.24) is 0 Å². The van der Waals surface area contributed by atoms with Crippen LogP contribution in [0.5, 0.6) is 0 Å². The largest absolute Gasteiger partial charge is 0.387 e. The van der Waals surface area contributed by atoms with Crippen LogP contribution in [0.4, 0.5) is 0 Å². The molecule has 0 aromatic heterocycles. The number of rotatable bonds is 6. The molecule has 0 amide bonds. The van der Waals surface area contributed by atoms with Crippen LogP contribution in [0.3, 0.4) is 0 Å². The van der Waals surface area contributed by atoms with Crippen LogP contribution in [0.1, 0.15) is 43.2 Å². The highest BCUT2D eigenvalue weighted by molar-refractivity contribution is 5.15. The maximum Gasteiger partial charge on any atom is 0.169 e. The molecule has 1 heterocycles. The number of aliphatic hydroxyl groups excluding tert-OH is 2. The van der Waals surface area contributed by atoms with Gasteiger partial charge in [-0.3, -0.25) is 0 Å². The SMILES string of the molecule is O[C@@H]1[C@H](O)[C@H](OCc2ccccc2)[C@H]2OC3(CCCCC3)O[C@@H]2[C@@H]1OCc1ccccc1. The molecule has 3 fully saturated rings. The first kappa shape index (κ1) is 22.0. The average molecular weight is 441 g/mol. The van der Waals surface area contributed by atoms with Crippen LogP contribution in [0.2, 0.25) is 0 Å². The Morgan fingerprint density at radius 3 is 1.56 bits per heavy atom. The Hall–Kier alpha value is -1.80. The van der Waals surface area contributed by atoms with E-state index in [0.717, 1.165) is 43.2 Å². The van der Waals surface area contributed by atoms with E-state index < -0.39 is 42.4 Å². The highest BCUT2D eigenvalue weighted by atomic mass is 16.8. The highest BCUT2D eigenvalue weighted by Gasteiger charge is 2.61. The molecule has 1 saturated heterocycles. The molecule has 6 atom stereocenters. The number of hydrogen-bond donors (Lipinski definition) is 2. The molecule has 2 aliphatic carbocycles. The van der Waals surface area contributed by atoms with Gasteiger partial charge in [-0.25, -0.2) is 0 Å². The third-order valence-electron chi connectivity index (χ3n) is 6.88. The van der Waals surface area contributed by atoms with Crippen LogP contribution in [0.15, 0.2) is 60.7 Å². The minimum atomic E-state index is -1.14. The lowest BCUT2D eigenvalue weighted by molar-refractivity contribution is -0.223. The van der Waals surface area contributed by atoms with Gasteiger partial charge in [-0.2, -0.15) is 0 Å². The molecule has 6 heteroatoms. The van der Waals surface area contributed by atoms with Gasteiger partial charge in [0.05, 0.1) is 13.2 Å². The van der Waals surface area contributed by atoms with Gasteiger partial charge in [0.25, 0.3) is 0 Å². The van der Waals surface area contributed by atoms with Crippen LogP contribution in [-0.2, 0) is 32.2 Å². The second-order valence-electron chi connectivity index (χ2n) is 9.14. The third-order valence-corrected chi connectivity index (χ3v) is 6.88. The molecular formula is C26H32O6. The van der Waals surface area contributed by atoms with Crippen molar-refractivity contribution in [3.63, 3.8) is 0 Å². The van der Waals surface area contributed by atoms with Crippen LogP contribution in [-0.4, -0.2) is 52.6 Å². The fourth-order valence-electron chi connectivity index (χ4n) is 5.19. The first-order valence-corrected chi connectivity index (χ1v) is 11.7. The van der Waals surface area contributed by atoms with Crippen molar-refractivity contribution in [2.75, 3.05) is 0 Å². The maximum atomic E-state index is 11.0. The van der Waals surface area contributed by atoms with Gasteiger partial charge in [0, 0.05) is 12.8 Å². The van der Waals surface area contributed by atoms with Crippen molar-refractivity contribution < 1.29 is 29.2 Å². The Morgan fingerprint density at radius 1 is 0.688 bits per heavy atom. The van der Waals surface area contributed by atoms with Gasteiger partial charge < -0.3 is 29.2 Å². The molecule has 32 heavy (non-hydrogen) atoms. The average Bonchev–Trinajstić information content (AvgIpc) is 3.19. The van der Waals surface area contributed by atoms with E-state index in [0.29, 0.717) is 13.2 Å². The molecule has 2 aromatic carbocycles. The van der Waals surface area contributed by atoms with E-state index in [-0.39, 0.29) is 0 Å². The summed E-state index contributed by atoms with van der Waals surface area (Å²) in [6, 6.07) is 19.6. The Morgan fingerprint density at radius 2 is 1.12 bits per heavy atom. The Labute approximate surface area is 189 Å². The van der Waals surface area contributed by atoms with Gasteiger partial charge in [-0.05, 0) is 24.0 Å². The Kier molecular flexibility index (Phi) is 6.60. The summed E-state index contributed by atoms with van der Waals surface area (Å²) in [7, 11) is 0. The Bertz CT molecular complexity index is 788. The maximum absolute atomic E-state index is 11.0. The van der Waals surface area contributed by atoms with Gasteiger partial charge in [-0.15, -0.1) is 0 Å². The summed E-state index contributed by atoms with van der Waals surface area (Å²) in [4.78, 5) is 0. The zero-order valence-electron chi connectivity index (χ0n) is 18.2.